The third kappa shape index (κ3) is 4.92. The molecule has 3 aromatic carbocycles. The van der Waals surface area contributed by atoms with Crippen LogP contribution in [0.1, 0.15) is 28.4 Å². The van der Waals surface area contributed by atoms with Gasteiger partial charge in [0.05, 0.1) is 23.9 Å². The van der Waals surface area contributed by atoms with Crippen molar-refractivity contribution in [2.24, 2.45) is 5.10 Å². The lowest BCUT2D eigenvalue weighted by atomic mass is 10.1. The molecule has 0 atom stereocenters. The van der Waals surface area contributed by atoms with E-state index in [-0.39, 0.29) is 23.0 Å². The lowest BCUT2D eigenvalue weighted by Gasteiger charge is -2.06. The van der Waals surface area contributed by atoms with Crippen molar-refractivity contribution in [1.29, 1.82) is 0 Å². The van der Waals surface area contributed by atoms with Crippen molar-refractivity contribution in [3.8, 4) is 11.5 Å². The van der Waals surface area contributed by atoms with Gasteiger partial charge in [-0.3, -0.25) is 4.79 Å². The number of rotatable bonds is 8. The fraction of sp³-hybridized carbons (Fsp3) is 0.143. The van der Waals surface area contributed by atoms with Gasteiger partial charge < -0.3 is 20.9 Å². The molecule has 0 aliphatic carbocycles. The summed E-state index contributed by atoms with van der Waals surface area (Å²) in [6, 6.07) is 22.2. The molecule has 5 aromatic rings. The van der Waals surface area contributed by atoms with Gasteiger partial charge in [-0.05, 0) is 54.8 Å². The van der Waals surface area contributed by atoms with E-state index in [0.717, 1.165) is 5.56 Å². The maximum Gasteiger partial charge on any atom is 0.257 e. The molecule has 0 fully saturated rings. The van der Waals surface area contributed by atoms with Gasteiger partial charge in [0, 0.05) is 6.54 Å². The van der Waals surface area contributed by atoms with Gasteiger partial charge in [-0.2, -0.15) is 9.78 Å². The van der Waals surface area contributed by atoms with Crippen LogP contribution in [0.25, 0.3) is 22.2 Å². The molecule has 9 nitrogen and oxygen atoms in total. The highest BCUT2D eigenvalue weighted by Gasteiger charge is 2.24. The SMILES string of the molecule is CCOc1cc(C=Nn2c(N)c(C(=O)NCCc3ccccc3)c3nc4ccccc4nc32)ccc1O. The first-order chi connectivity index (χ1) is 18.0. The van der Waals surface area contributed by atoms with E-state index < -0.39 is 0 Å². The van der Waals surface area contributed by atoms with E-state index in [1.165, 1.54) is 10.7 Å². The van der Waals surface area contributed by atoms with Gasteiger partial charge in [0.15, 0.2) is 17.1 Å². The monoisotopic (exact) mass is 494 g/mol. The Balaban J connectivity index is 1.52. The largest absolute Gasteiger partial charge is 0.504 e. The highest BCUT2D eigenvalue weighted by molar-refractivity contribution is 6.10. The van der Waals surface area contributed by atoms with E-state index in [2.05, 4.69) is 10.4 Å². The van der Waals surface area contributed by atoms with Crippen molar-refractivity contribution in [3.05, 3.63) is 89.5 Å². The molecule has 186 valence electrons. The number of amides is 1. The number of carbonyl (C=O) groups is 1. The zero-order valence-electron chi connectivity index (χ0n) is 20.3. The normalized spacial score (nSPS) is 11.4. The first-order valence-electron chi connectivity index (χ1n) is 11.9. The smallest absolute Gasteiger partial charge is 0.257 e. The van der Waals surface area contributed by atoms with Crippen LogP contribution in [-0.4, -0.2) is 45.0 Å². The maximum atomic E-state index is 13.3. The number of aromatic nitrogens is 3. The molecule has 2 heterocycles. The van der Waals surface area contributed by atoms with Crippen molar-refractivity contribution in [2.45, 2.75) is 13.3 Å². The number of nitrogens with one attached hydrogen (secondary N) is 1. The van der Waals surface area contributed by atoms with Gasteiger partial charge in [-0.15, -0.1) is 0 Å². The van der Waals surface area contributed by atoms with Crippen LogP contribution in [-0.2, 0) is 6.42 Å². The lowest BCUT2D eigenvalue weighted by Crippen LogP contribution is -2.26. The van der Waals surface area contributed by atoms with Crippen molar-refractivity contribution in [2.75, 3.05) is 18.9 Å². The van der Waals surface area contributed by atoms with Crippen LogP contribution < -0.4 is 15.8 Å². The number of hydrogen-bond donors (Lipinski definition) is 3. The van der Waals surface area contributed by atoms with Crippen LogP contribution >= 0.6 is 0 Å². The van der Waals surface area contributed by atoms with E-state index in [1.807, 2.05) is 61.5 Å². The third-order valence-electron chi connectivity index (χ3n) is 5.85. The Morgan fingerprint density at radius 2 is 1.81 bits per heavy atom. The molecular weight excluding hydrogens is 468 g/mol. The second-order valence-corrected chi connectivity index (χ2v) is 8.35. The predicted octanol–water partition coefficient (Wildman–Crippen LogP) is 4.13. The third-order valence-corrected chi connectivity index (χ3v) is 5.85. The highest BCUT2D eigenvalue weighted by Crippen LogP contribution is 2.29. The van der Waals surface area contributed by atoms with Gasteiger partial charge in [-0.1, -0.05) is 42.5 Å². The Hall–Kier alpha value is -4.92. The minimum Gasteiger partial charge on any atom is -0.504 e. The number of fused-ring (bicyclic) bond motifs is 2. The zero-order valence-corrected chi connectivity index (χ0v) is 20.3. The van der Waals surface area contributed by atoms with E-state index in [9.17, 15) is 9.90 Å². The summed E-state index contributed by atoms with van der Waals surface area (Å²) in [7, 11) is 0. The van der Waals surface area contributed by atoms with E-state index in [0.29, 0.717) is 53.1 Å². The van der Waals surface area contributed by atoms with Crippen molar-refractivity contribution >= 4 is 40.1 Å². The molecule has 0 saturated heterocycles. The lowest BCUT2D eigenvalue weighted by molar-refractivity contribution is 0.0956. The Kier molecular flexibility index (Phi) is 6.67. The Bertz CT molecular complexity index is 1610. The summed E-state index contributed by atoms with van der Waals surface area (Å²) in [5, 5.41) is 17.5. The highest BCUT2D eigenvalue weighted by atomic mass is 16.5. The predicted molar refractivity (Wildman–Crippen MR) is 144 cm³/mol. The second-order valence-electron chi connectivity index (χ2n) is 8.35. The number of carbonyl (C=O) groups excluding carboxylic acids is 1. The average Bonchev–Trinajstić information content (AvgIpc) is 3.18. The number of nitrogens with two attached hydrogens (primary N) is 1. The van der Waals surface area contributed by atoms with Gasteiger partial charge in [-0.25, -0.2) is 9.97 Å². The van der Waals surface area contributed by atoms with Crippen molar-refractivity contribution in [3.63, 3.8) is 0 Å². The summed E-state index contributed by atoms with van der Waals surface area (Å²) in [5.74, 6) is 0.167. The molecule has 0 spiro atoms. The number of anilines is 1. The number of phenolic OH excluding ortho intramolecular Hbond substituents is 1. The number of benzene rings is 3. The number of hydrogen-bond acceptors (Lipinski definition) is 7. The summed E-state index contributed by atoms with van der Waals surface area (Å²) in [6.45, 7) is 2.68. The molecule has 2 aromatic heterocycles. The van der Waals surface area contributed by atoms with Gasteiger partial charge in [0.1, 0.15) is 16.9 Å². The van der Waals surface area contributed by atoms with Gasteiger partial charge >= 0.3 is 0 Å². The topological polar surface area (TPSA) is 128 Å². The summed E-state index contributed by atoms with van der Waals surface area (Å²) in [4.78, 5) is 22.7. The fourth-order valence-electron chi connectivity index (χ4n) is 4.05. The molecule has 37 heavy (non-hydrogen) atoms. The molecule has 0 unspecified atom stereocenters. The number of para-hydroxylation sites is 2. The molecule has 0 aliphatic heterocycles. The molecule has 4 N–H and O–H groups in total. The number of nitrogens with zero attached hydrogens (tertiary/aromatic N) is 4. The number of nitrogen functional groups attached to an aromatic ring is 1. The molecule has 1 amide bonds. The van der Waals surface area contributed by atoms with Crippen molar-refractivity contribution < 1.29 is 14.6 Å². The van der Waals surface area contributed by atoms with Crippen LogP contribution in [0.4, 0.5) is 5.82 Å². The quantitative estimate of drug-likeness (QED) is 0.278. The average molecular weight is 495 g/mol. The van der Waals surface area contributed by atoms with E-state index >= 15 is 0 Å². The molecule has 0 bridgehead atoms. The van der Waals surface area contributed by atoms with Crippen LogP contribution in [0.2, 0.25) is 0 Å². The van der Waals surface area contributed by atoms with Gasteiger partial charge in [0.25, 0.3) is 5.91 Å². The minimum absolute atomic E-state index is 0.0386. The molecule has 0 aliphatic rings. The Morgan fingerprint density at radius 1 is 1.08 bits per heavy atom. The second kappa shape index (κ2) is 10.4. The number of ether oxygens (including phenoxy) is 1. The summed E-state index contributed by atoms with van der Waals surface area (Å²) < 4.78 is 6.87. The molecule has 5 rings (SSSR count). The molecule has 0 saturated carbocycles. The first-order valence-corrected chi connectivity index (χ1v) is 11.9. The summed E-state index contributed by atoms with van der Waals surface area (Å²) in [6.07, 6.45) is 2.24. The number of aromatic hydroxyl groups is 1. The summed E-state index contributed by atoms with van der Waals surface area (Å²) >= 11 is 0. The van der Waals surface area contributed by atoms with E-state index in [4.69, 9.17) is 20.4 Å². The standard InChI is InChI=1S/C28H26N6O3/c1-2-37-23-16-19(12-13-22(23)35)17-31-34-26(29)24(28(36)30-15-14-18-8-4-3-5-9-18)25-27(34)33-21-11-7-6-10-20(21)32-25/h3-13,16-17,35H,2,14-15,29H2,1H3,(H,30,36). The molecule has 0 radical (unpaired) electrons. The van der Waals surface area contributed by atoms with Crippen LogP contribution in [0, 0.1) is 0 Å². The van der Waals surface area contributed by atoms with Crippen LogP contribution in [0.15, 0.2) is 77.9 Å². The minimum atomic E-state index is -0.347. The van der Waals surface area contributed by atoms with Crippen LogP contribution in [0.3, 0.4) is 0 Å². The molecular formula is C28H26N6O3. The summed E-state index contributed by atoms with van der Waals surface area (Å²) in [5.41, 5.74) is 10.5. The number of phenols is 1. The maximum absolute atomic E-state index is 13.3. The van der Waals surface area contributed by atoms with Crippen molar-refractivity contribution in [1.82, 2.24) is 20.0 Å². The first kappa shape index (κ1) is 23.8. The van der Waals surface area contributed by atoms with E-state index in [1.54, 1.807) is 18.3 Å². The molecule has 9 heteroatoms. The van der Waals surface area contributed by atoms with Crippen LogP contribution in [0.5, 0.6) is 11.5 Å². The zero-order chi connectivity index (χ0) is 25.8. The van der Waals surface area contributed by atoms with Gasteiger partial charge in [0.2, 0.25) is 0 Å². The Labute approximate surface area is 213 Å². The Morgan fingerprint density at radius 3 is 2.57 bits per heavy atom. The fourth-order valence-corrected chi connectivity index (χ4v) is 4.05.